The van der Waals surface area contributed by atoms with Crippen molar-refractivity contribution in [1.82, 2.24) is 15.1 Å². The van der Waals surface area contributed by atoms with Crippen LogP contribution in [0.3, 0.4) is 0 Å². The van der Waals surface area contributed by atoms with Crippen LogP contribution in [-0.2, 0) is 15.1 Å². The topological polar surface area (TPSA) is 69.7 Å². The first-order valence-electron chi connectivity index (χ1n) is 9.34. The number of hydrogen-bond acceptors (Lipinski definition) is 3. The van der Waals surface area contributed by atoms with Crippen molar-refractivity contribution in [2.75, 3.05) is 19.6 Å². The molecule has 1 aromatic carbocycles. The van der Waals surface area contributed by atoms with Crippen LogP contribution in [0.25, 0.3) is 0 Å². The Balaban J connectivity index is 1.73. The largest absolute Gasteiger partial charge is 0.341 e. The Bertz CT molecular complexity index is 712. The van der Waals surface area contributed by atoms with Crippen LogP contribution in [0.2, 0.25) is 0 Å². The number of carbonyl (C=O) groups excluding carboxylic acids is 3. The van der Waals surface area contributed by atoms with E-state index >= 15 is 0 Å². The van der Waals surface area contributed by atoms with Crippen molar-refractivity contribution in [3.8, 4) is 0 Å². The lowest BCUT2D eigenvalue weighted by atomic mass is 9.91. The van der Waals surface area contributed by atoms with Crippen molar-refractivity contribution in [3.63, 3.8) is 0 Å². The molecule has 26 heavy (non-hydrogen) atoms. The van der Waals surface area contributed by atoms with Crippen molar-refractivity contribution in [1.29, 1.82) is 0 Å². The summed E-state index contributed by atoms with van der Waals surface area (Å²) in [6, 6.07) is 7.00. The number of nitrogens with zero attached hydrogens (tertiary/aromatic N) is 2. The number of nitrogens with one attached hydrogen (secondary N) is 1. The van der Waals surface area contributed by atoms with Crippen molar-refractivity contribution >= 4 is 17.8 Å². The molecule has 6 nitrogen and oxygen atoms in total. The number of rotatable bonds is 7. The molecule has 6 heteroatoms. The number of benzene rings is 1. The van der Waals surface area contributed by atoms with E-state index in [1.54, 1.807) is 11.8 Å². The SMILES string of the molecule is CCCN(CC1CC1)C(=O)CN1C(=O)N[C@@](C)(c2ccc(C)cc2)C1=O. The van der Waals surface area contributed by atoms with Crippen molar-refractivity contribution in [2.24, 2.45) is 5.92 Å². The third-order valence-electron chi connectivity index (χ3n) is 5.22. The van der Waals surface area contributed by atoms with Gasteiger partial charge in [-0.1, -0.05) is 36.8 Å². The third-order valence-corrected chi connectivity index (χ3v) is 5.22. The maximum Gasteiger partial charge on any atom is 0.325 e. The highest BCUT2D eigenvalue weighted by molar-refractivity contribution is 6.09. The molecule has 1 saturated carbocycles. The number of imide groups is 1. The van der Waals surface area contributed by atoms with E-state index in [-0.39, 0.29) is 18.4 Å². The molecular formula is C20H27N3O3. The maximum absolute atomic E-state index is 12.9. The molecule has 1 atom stereocenters. The van der Waals surface area contributed by atoms with Gasteiger partial charge < -0.3 is 10.2 Å². The smallest absolute Gasteiger partial charge is 0.325 e. The minimum Gasteiger partial charge on any atom is -0.341 e. The predicted octanol–water partition coefficient (Wildman–Crippen LogP) is 2.41. The van der Waals surface area contributed by atoms with Crippen molar-refractivity contribution in [3.05, 3.63) is 35.4 Å². The molecule has 4 amide bonds. The van der Waals surface area contributed by atoms with E-state index in [0.29, 0.717) is 12.5 Å². The Morgan fingerprint density at radius 2 is 1.92 bits per heavy atom. The first-order valence-corrected chi connectivity index (χ1v) is 9.34. The summed E-state index contributed by atoms with van der Waals surface area (Å²) >= 11 is 0. The Labute approximate surface area is 154 Å². The second-order valence-electron chi connectivity index (χ2n) is 7.60. The molecule has 1 N–H and O–H groups in total. The fraction of sp³-hybridized carbons (Fsp3) is 0.550. The molecule has 1 saturated heterocycles. The minimum atomic E-state index is -1.13. The lowest BCUT2D eigenvalue weighted by molar-refractivity contribution is -0.139. The van der Waals surface area contributed by atoms with Gasteiger partial charge in [-0.05, 0) is 44.6 Å². The number of hydrogen-bond donors (Lipinski definition) is 1. The normalized spacial score (nSPS) is 22.5. The Kier molecular flexibility index (Phi) is 5.03. The van der Waals surface area contributed by atoms with Gasteiger partial charge in [-0.2, -0.15) is 0 Å². The van der Waals surface area contributed by atoms with Crippen molar-refractivity contribution in [2.45, 2.75) is 45.6 Å². The van der Waals surface area contributed by atoms with E-state index in [1.165, 1.54) is 0 Å². The highest BCUT2D eigenvalue weighted by Gasteiger charge is 2.49. The molecule has 1 aliphatic heterocycles. The molecule has 0 aromatic heterocycles. The van der Waals surface area contributed by atoms with E-state index in [1.807, 2.05) is 38.1 Å². The van der Waals surface area contributed by atoms with Gasteiger partial charge in [0.2, 0.25) is 5.91 Å². The lowest BCUT2D eigenvalue weighted by Crippen LogP contribution is -2.45. The van der Waals surface area contributed by atoms with Crippen LogP contribution in [0.5, 0.6) is 0 Å². The first-order chi connectivity index (χ1) is 12.3. The number of aryl methyl sites for hydroxylation is 1. The van der Waals surface area contributed by atoms with Crippen LogP contribution in [-0.4, -0.2) is 47.3 Å². The molecular weight excluding hydrogens is 330 g/mol. The number of carbonyl (C=O) groups is 3. The average molecular weight is 357 g/mol. The second-order valence-corrected chi connectivity index (χ2v) is 7.60. The van der Waals surface area contributed by atoms with Gasteiger partial charge in [0, 0.05) is 13.1 Å². The molecule has 0 bridgehead atoms. The van der Waals surface area contributed by atoms with Crippen LogP contribution >= 0.6 is 0 Å². The summed E-state index contributed by atoms with van der Waals surface area (Å²) in [5.41, 5.74) is 0.674. The van der Waals surface area contributed by atoms with Gasteiger partial charge in [0.05, 0.1) is 0 Å². The summed E-state index contributed by atoms with van der Waals surface area (Å²) in [5.74, 6) is 0.0457. The monoisotopic (exact) mass is 357 g/mol. The Hall–Kier alpha value is -2.37. The molecule has 1 aliphatic carbocycles. The summed E-state index contributed by atoms with van der Waals surface area (Å²) in [6.07, 6.45) is 3.17. The van der Waals surface area contributed by atoms with Gasteiger partial charge in [0.25, 0.3) is 5.91 Å². The molecule has 0 radical (unpaired) electrons. The zero-order valence-electron chi connectivity index (χ0n) is 15.7. The highest BCUT2D eigenvalue weighted by atomic mass is 16.2. The molecule has 140 valence electrons. The van der Waals surface area contributed by atoms with Crippen LogP contribution in [0, 0.1) is 12.8 Å². The van der Waals surface area contributed by atoms with E-state index in [9.17, 15) is 14.4 Å². The third kappa shape index (κ3) is 3.59. The van der Waals surface area contributed by atoms with Gasteiger partial charge >= 0.3 is 6.03 Å². The Morgan fingerprint density at radius 3 is 2.50 bits per heavy atom. The standard InChI is InChI=1S/C20H27N3O3/c1-4-11-22(12-15-7-8-15)17(24)13-23-18(25)20(3,21-19(23)26)16-9-5-14(2)6-10-16/h5-6,9-10,15H,4,7-8,11-13H2,1-3H3,(H,21,26)/t20-/m0/s1. The van der Waals surface area contributed by atoms with E-state index in [0.717, 1.165) is 41.8 Å². The summed E-state index contributed by atoms with van der Waals surface area (Å²) in [7, 11) is 0. The van der Waals surface area contributed by atoms with Gasteiger partial charge in [0.15, 0.2) is 0 Å². The van der Waals surface area contributed by atoms with Gasteiger partial charge in [-0.25, -0.2) is 4.79 Å². The van der Waals surface area contributed by atoms with Crippen molar-refractivity contribution < 1.29 is 14.4 Å². The molecule has 2 aliphatic rings. The average Bonchev–Trinajstić information content (AvgIpc) is 3.39. The summed E-state index contributed by atoms with van der Waals surface area (Å²) in [4.78, 5) is 40.9. The minimum absolute atomic E-state index is 0.157. The molecule has 1 aromatic rings. The van der Waals surface area contributed by atoms with Crippen LogP contribution < -0.4 is 5.32 Å². The van der Waals surface area contributed by atoms with Gasteiger partial charge in [-0.15, -0.1) is 0 Å². The number of amides is 4. The van der Waals surface area contributed by atoms with E-state index < -0.39 is 11.6 Å². The van der Waals surface area contributed by atoms with E-state index in [4.69, 9.17) is 0 Å². The number of urea groups is 1. The zero-order chi connectivity index (χ0) is 18.9. The summed E-state index contributed by atoms with van der Waals surface area (Å²) < 4.78 is 0. The summed E-state index contributed by atoms with van der Waals surface area (Å²) in [5, 5.41) is 2.76. The van der Waals surface area contributed by atoms with Crippen LogP contribution in [0.4, 0.5) is 4.79 Å². The van der Waals surface area contributed by atoms with Crippen LogP contribution in [0.15, 0.2) is 24.3 Å². The molecule has 0 unspecified atom stereocenters. The Morgan fingerprint density at radius 1 is 1.27 bits per heavy atom. The molecule has 1 heterocycles. The quantitative estimate of drug-likeness (QED) is 0.762. The lowest BCUT2D eigenvalue weighted by Gasteiger charge is -2.25. The molecule has 2 fully saturated rings. The summed E-state index contributed by atoms with van der Waals surface area (Å²) in [6.45, 7) is 6.87. The first kappa shape index (κ1) is 18.4. The van der Waals surface area contributed by atoms with E-state index in [2.05, 4.69) is 5.32 Å². The highest BCUT2D eigenvalue weighted by Crippen LogP contribution is 2.31. The second kappa shape index (κ2) is 7.09. The predicted molar refractivity (Wildman–Crippen MR) is 98.4 cm³/mol. The zero-order valence-corrected chi connectivity index (χ0v) is 15.7. The fourth-order valence-corrected chi connectivity index (χ4v) is 3.36. The molecule has 3 rings (SSSR count). The van der Waals surface area contributed by atoms with Gasteiger partial charge in [-0.3, -0.25) is 14.5 Å². The van der Waals surface area contributed by atoms with Crippen LogP contribution in [0.1, 0.15) is 44.2 Å². The fourth-order valence-electron chi connectivity index (χ4n) is 3.36. The molecule has 0 spiro atoms. The maximum atomic E-state index is 12.9. The van der Waals surface area contributed by atoms with Gasteiger partial charge in [0.1, 0.15) is 12.1 Å².